The lowest BCUT2D eigenvalue weighted by atomic mass is 10.0. The van der Waals surface area contributed by atoms with Gasteiger partial charge in [-0.15, -0.1) is 0 Å². The lowest BCUT2D eigenvalue weighted by Crippen LogP contribution is -2.28. The number of hydrogen-bond acceptors (Lipinski definition) is 5. The van der Waals surface area contributed by atoms with Crippen molar-refractivity contribution in [2.24, 2.45) is 0 Å². The Bertz CT molecular complexity index is 945. The van der Waals surface area contributed by atoms with Crippen LogP contribution in [0.3, 0.4) is 0 Å². The number of fused-ring (bicyclic) bond motifs is 1. The predicted molar refractivity (Wildman–Crippen MR) is 96.7 cm³/mol. The van der Waals surface area contributed by atoms with Crippen LogP contribution in [-0.2, 0) is 20.8 Å². The van der Waals surface area contributed by atoms with Crippen LogP contribution in [-0.4, -0.2) is 41.9 Å². The smallest absolute Gasteiger partial charge is 0.354 e. The Balaban J connectivity index is 2.09. The molecule has 0 bridgehead atoms. The summed E-state index contributed by atoms with van der Waals surface area (Å²) < 4.78 is 11.0. The van der Waals surface area contributed by atoms with Crippen LogP contribution in [0, 0.1) is 0 Å². The maximum absolute atomic E-state index is 12.1. The Morgan fingerprint density at radius 1 is 1.00 bits per heavy atom. The standard InChI is InChI=1S/C20H19NO5/c1-25-19(23)17-11-15-10-14(13-6-4-3-5-7-13)8-9-16(15)21(17)12-18(22)20(24)26-2/h3-11,18,22H,12H2,1-2H3. The number of rotatable bonds is 5. The van der Waals surface area contributed by atoms with E-state index in [4.69, 9.17) is 4.74 Å². The molecule has 0 radical (unpaired) electrons. The molecule has 3 rings (SSSR count). The van der Waals surface area contributed by atoms with Gasteiger partial charge >= 0.3 is 11.9 Å². The van der Waals surface area contributed by atoms with Gasteiger partial charge in [0.25, 0.3) is 0 Å². The Hall–Kier alpha value is -3.12. The van der Waals surface area contributed by atoms with Crippen LogP contribution in [0.4, 0.5) is 0 Å². The fourth-order valence-electron chi connectivity index (χ4n) is 2.93. The van der Waals surface area contributed by atoms with Crippen LogP contribution in [0.15, 0.2) is 54.6 Å². The second-order valence-electron chi connectivity index (χ2n) is 5.81. The number of carbonyl (C=O) groups is 2. The van der Waals surface area contributed by atoms with Gasteiger partial charge in [-0.05, 0) is 29.3 Å². The van der Waals surface area contributed by atoms with Crippen LogP contribution in [0.1, 0.15) is 10.5 Å². The van der Waals surface area contributed by atoms with Crippen molar-refractivity contribution < 1.29 is 24.2 Å². The molecular weight excluding hydrogens is 334 g/mol. The minimum absolute atomic E-state index is 0.106. The molecule has 1 unspecified atom stereocenters. The molecule has 1 N–H and O–H groups in total. The molecule has 0 saturated heterocycles. The molecule has 0 aliphatic rings. The third kappa shape index (κ3) is 3.32. The number of methoxy groups -OCH3 is 2. The summed E-state index contributed by atoms with van der Waals surface area (Å²) in [6.07, 6.45) is -1.38. The monoisotopic (exact) mass is 353 g/mol. The molecule has 6 heteroatoms. The molecule has 0 aliphatic carbocycles. The van der Waals surface area contributed by atoms with Crippen LogP contribution < -0.4 is 0 Å². The molecule has 134 valence electrons. The highest BCUT2D eigenvalue weighted by molar-refractivity contribution is 5.97. The third-order valence-electron chi connectivity index (χ3n) is 4.23. The molecule has 0 aliphatic heterocycles. The summed E-state index contributed by atoms with van der Waals surface area (Å²) >= 11 is 0. The van der Waals surface area contributed by atoms with E-state index >= 15 is 0 Å². The highest BCUT2D eigenvalue weighted by Gasteiger charge is 2.22. The maximum Gasteiger partial charge on any atom is 0.354 e. The first-order chi connectivity index (χ1) is 12.5. The van der Waals surface area contributed by atoms with Crippen LogP contribution >= 0.6 is 0 Å². The van der Waals surface area contributed by atoms with Gasteiger partial charge in [0.05, 0.1) is 20.8 Å². The molecule has 26 heavy (non-hydrogen) atoms. The number of esters is 2. The van der Waals surface area contributed by atoms with Gasteiger partial charge in [-0.25, -0.2) is 9.59 Å². The van der Waals surface area contributed by atoms with E-state index in [-0.39, 0.29) is 12.2 Å². The van der Waals surface area contributed by atoms with E-state index in [0.717, 1.165) is 16.5 Å². The van der Waals surface area contributed by atoms with Crippen LogP contribution in [0.25, 0.3) is 22.0 Å². The summed E-state index contributed by atoms with van der Waals surface area (Å²) in [6.45, 7) is -0.106. The normalized spacial score (nSPS) is 12.0. The summed E-state index contributed by atoms with van der Waals surface area (Å²) in [6, 6.07) is 17.3. The van der Waals surface area contributed by atoms with Gasteiger partial charge in [-0.3, -0.25) is 0 Å². The largest absolute Gasteiger partial charge is 0.467 e. The van der Waals surface area contributed by atoms with Crippen molar-refractivity contribution in [3.05, 3.63) is 60.3 Å². The molecule has 0 saturated carbocycles. The van der Waals surface area contributed by atoms with Gasteiger partial charge in [0, 0.05) is 10.9 Å². The van der Waals surface area contributed by atoms with E-state index in [1.807, 2.05) is 48.5 Å². The number of hydrogen-bond donors (Lipinski definition) is 1. The first-order valence-electron chi connectivity index (χ1n) is 8.08. The highest BCUT2D eigenvalue weighted by Crippen LogP contribution is 2.27. The average molecular weight is 353 g/mol. The summed E-state index contributed by atoms with van der Waals surface area (Å²) in [5.74, 6) is -1.30. The minimum Gasteiger partial charge on any atom is -0.467 e. The van der Waals surface area contributed by atoms with E-state index in [0.29, 0.717) is 5.52 Å². The van der Waals surface area contributed by atoms with E-state index < -0.39 is 18.0 Å². The summed E-state index contributed by atoms with van der Waals surface area (Å²) in [5.41, 5.74) is 3.03. The molecule has 6 nitrogen and oxygen atoms in total. The van der Waals surface area contributed by atoms with Gasteiger partial charge < -0.3 is 19.1 Å². The SMILES string of the molecule is COC(=O)c1cc2cc(-c3ccccc3)ccc2n1CC(O)C(=O)OC. The lowest BCUT2D eigenvalue weighted by molar-refractivity contribution is -0.151. The van der Waals surface area contributed by atoms with Crippen molar-refractivity contribution in [3.63, 3.8) is 0 Å². The second kappa shape index (κ2) is 7.41. The van der Waals surface area contributed by atoms with Gasteiger partial charge in [-0.2, -0.15) is 0 Å². The first kappa shape index (κ1) is 17.7. The quantitative estimate of drug-likeness (QED) is 0.714. The minimum atomic E-state index is -1.38. The van der Waals surface area contributed by atoms with Crippen molar-refractivity contribution in [2.75, 3.05) is 14.2 Å². The number of ether oxygens (including phenoxy) is 2. The molecule has 1 heterocycles. The Morgan fingerprint density at radius 2 is 1.73 bits per heavy atom. The molecule has 0 fully saturated rings. The Labute approximate surface area is 150 Å². The van der Waals surface area contributed by atoms with E-state index in [1.165, 1.54) is 14.2 Å². The Morgan fingerprint density at radius 3 is 2.38 bits per heavy atom. The number of aliphatic hydroxyl groups excluding tert-OH is 1. The van der Waals surface area contributed by atoms with Crippen LogP contribution in [0.5, 0.6) is 0 Å². The molecular formula is C20H19NO5. The van der Waals surface area contributed by atoms with E-state index in [2.05, 4.69) is 4.74 Å². The zero-order valence-corrected chi connectivity index (χ0v) is 14.5. The zero-order chi connectivity index (χ0) is 18.7. The van der Waals surface area contributed by atoms with Crippen molar-refractivity contribution in [3.8, 4) is 11.1 Å². The predicted octanol–water partition coefficient (Wildman–Crippen LogP) is 2.63. The summed E-state index contributed by atoms with van der Waals surface area (Å²) in [5, 5.41) is 10.8. The number of nitrogens with zero attached hydrogens (tertiary/aromatic N) is 1. The van der Waals surface area contributed by atoms with Gasteiger partial charge in [0.2, 0.25) is 0 Å². The maximum atomic E-state index is 12.1. The van der Waals surface area contributed by atoms with Gasteiger partial charge in [0.15, 0.2) is 6.10 Å². The van der Waals surface area contributed by atoms with Gasteiger partial charge in [-0.1, -0.05) is 36.4 Å². The molecule has 0 amide bonds. The van der Waals surface area contributed by atoms with Crippen LogP contribution in [0.2, 0.25) is 0 Å². The zero-order valence-electron chi connectivity index (χ0n) is 14.5. The number of carbonyl (C=O) groups excluding carboxylic acids is 2. The molecule has 3 aromatic rings. The fraction of sp³-hybridized carbons (Fsp3) is 0.200. The van der Waals surface area contributed by atoms with Crippen molar-refractivity contribution >= 4 is 22.8 Å². The number of aliphatic hydroxyl groups is 1. The number of benzene rings is 2. The summed E-state index contributed by atoms with van der Waals surface area (Å²) in [4.78, 5) is 23.7. The average Bonchev–Trinajstić information content (AvgIpc) is 3.04. The van der Waals surface area contributed by atoms with Crippen molar-refractivity contribution in [1.29, 1.82) is 0 Å². The molecule has 1 atom stereocenters. The first-order valence-corrected chi connectivity index (χ1v) is 8.08. The lowest BCUT2D eigenvalue weighted by Gasteiger charge is -2.13. The topological polar surface area (TPSA) is 77.8 Å². The fourth-order valence-corrected chi connectivity index (χ4v) is 2.93. The van der Waals surface area contributed by atoms with Crippen molar-refractivity contribution in [2.45, 2.75) is 12.6 Å². The molecule has 0 spiro atoms. The van der Waals surface area contributed by atoms with E-state index in [1.54, 1.807) is 10.6 Å². The highest BCUT2D eigenvalue weighted by atomic mass is 16.5. The second-order valence-corrected chi connectivity index (χ2v) is 5.81. The third-order valence-corrected chi connectivity index (χ3v) is 4.23. The number of aromatic nitrogens is 1. The summed E-state index contributed by atoms with van der Waals surface area (Å²) in [7, 11) is 2.49. The Kier molecular flexibility index (Phi) is 5.04. The molecule has 1 aromatic heterocycles. The van der Waals surface area contributed by atoms with Crippen molar-refractivity contribution in [1.82, 2.24) is 4.57 Å². The van der Waals surface area contributed by atoms with E-state index in [9.17, 15) is 14.7 Å². The van der Waals surface area contributed by atoms with Gasteiger partial charge in [0.1, 0.15) is 5.69 Å². The molecule has 2 aromatic carbocycles.